The molecule has 5 heteroatoms. The normalized spacial score (nSPS) is 12.1. The van der Waals surface area contributed by atoms with Gasteiger partial charge in [-0.15, -0.1) is 4.52 Å². The minimum atomic E-state index is -1.87. The topological polar surface area (TPSA) is 44.8 Å². The molecule has 0 aliphatic rings. The van der Waals surface area contributed by atoms with E-state index in [-0.39, 0.29) is 0 Å². The summed E-state index contributed by atoms with van der Waals surface area (Å²) in [5.41, 5.74) is 0. The molecule has 0 heterocycles. The van der Waals surface area contributed by atoms with Gasteiger partial charge in [-0.05, 0) is 23.8 Å². The van der Waals surface area contributed by atoms with Crippen molar-refractivity contribution in [3.8, 4) is 0 Å². The lowest BCUT2D eigenvalue weighted by molar-refractivity contribution is -0.0930. The maximum absolute atomic E-state index is 11.6. The highest BCUT2D eigenvalue weighted by atomic mass is 31.1. The lowest BCUT2D eigenvalue weighted by atomic mass is 10.5. The van der Waals surface area contributed by atoms with Crippen LogP contribution < -0.4 is 0 Å². The van der Waals surface area contributed by atoms with Gasteiger partial charge in [0.2, 0.25) is 0 Å². The first-order valence-corrected chi connectivity index (χ1v) is 6.83. The number of hydrogen-bond donors (Lipinski definition) is 0. The van der Waals surface area contributed by atoms with Crippen LogP contribution in [0, 0.1) is 0 Å². The zero-order valence-electron chi connectivity index (χ0n) is 9.90. The average molecular weight is 237 g/mol. The third-order valence-corrected chi connectivity index (χ3v) is 2.60. The highest BCUT2D eigenvalue weighted by molar-refractivity contribution is 7.39. The second-order valence-corrected chi connectivity index (χ2v) is 4.42. The van der Waals surface area contributed by atoms with Crippen LogP contribution in [-0.4, -0.2) is 25.9 Å². The van der Waals surface area contributed by atoms with E-state index in [1.54, 1.807) is 0 Å². The van der Waals surface area contributed by atoms with E-state index < -0.39 is 14.1 Å². The molecule has 0 N–H and O–H groups in total. The number of rotatable bonds is 10. The molecular formula is C10H22O4P+. The van der Waals surface area contributed by atoms with Crippen LogP contribution >= 0.6 is 8.03 Å². The Balaban J connectivity index is 3.90. The summed E-state index contributed by atoms with van der Waals surface area (Å²) < 4.78 is 27.3. The molecule has 0 aromatic heterocycles. The van der Waals surface area contributed by atoms with Gasteiger partial charge in [0.05, 0.1) is 13.2 Å². The predicted molar refractivity (Wildman–Crippen MR) is 60.1 cm³/mol. The Morgan fingerprint density at radius 3 is 1.80 bits per heavy atom. The molecule has 0 aromatic rings. The van der Waals surface area contributed by atoms with Crippen molar-refractivity contribution in [1.82, 2.24) is 0 Å². The maximum atomic E-state index is 11.6. The summed E-state index contributed by atoms with van der Waals surface area (Å²) >= 11 is 0. The molecular weight excluding hydrogens is 215 g/mol. The van der Waals surface area contributed by atoms with E-state index in [9.17, 15) is 4.57 Å². The van der Waals surface area contributed by atoms with Gasteiger partial charge in [-0.1, -0.05) is 20.8 Å². The van der Waals surface area contributed by atoms with Crippen molar-refractivity contribution in [2.24, 2.45) is 0 Å². The van der Waals surface area contributed by atoms with Gasteiger partial charge in [0.1, 0.15) is 6.61 Å². The third kappa shape index (κ3) is 7.86. The molecule has 90 valence electrons. The Labute approximate surface area is 93.2 Å². The largest absolute Gasteiger partial charge is 0.572 e. The quantitative estimate of drug-likeness (QED) is 0.432. The van der Waals surface area contributed by atoms with Gasteiger partial charge >= 0.3 is 14.1 Å². The molecule has 0 saturated heterocycles. The molecule has 0 amide bonds. The Morgan fingerprint density at radius 1 is 0.933 bits per heavy atom. The highest BCUT2D eigenvalue weighted by Crippen LogP contribution is 2.31. The van der Waals surface area contributed by atoms with Crippen molar-refractivity contribution in [3.63, 3.8) is 0 Å². The first-order chi connectivity index (χ1) is 7.26. The Kier molecular flexibility index (Phi) is 10.5. The van der Waals surface area contributed by atoms with Gasteiger partial charge in [0, 0.05) is 0 Å². The van der Waals surface area contributed by atoms with Crippen molar-refractivity contribution >= 4 is 8.03 Å². The lowest BCUT2D eigenvalue weighted by Crippen LogP contribution is -2.15. The molecule has 0 saturated carbocycles. The standard InChI is InChI=1S/C10H22O4P/c1-4-7-12-10(13-8-5-2)15(11)14-9-6-3/h10H,4-9H2,1-3H3/q+1. The second kappa shape index (κ2) is 10.5. The Morgan fingerprint density at radius 2 is 1.40 bits per heavy atom. The fourth-order valence-electron chi connectivity index (χ4n) is 0.849. The molecule has 1 unspecified atom stereocenters. The van der Waals surface area contributed by atoms with Crippen LogP contribution in [0.15, 0.2) is 0 Å². The SMILES string of the molecule is CCCOC(OCCC)[P+](=O)OCCC. The van der Waals surface area contributed by atoms with E-state index in [1.165, 1.54) is 0 Å². The average Bonchev–Trinajstić information content (AvgIpc) is 2.26. The van der Waals surface area contributed by atoms with E-state index >= 15 is 0 Å². The van der Waals surface area contributed by atoms with Gasteiger partial charge < -0.3 is 9.47 Å². The maximum Gasteiger partial charge on any atom is 0.572 e. The minimum Gasteiger partial charge on any atom is -0.310 e. The predicted octanol–water partition coefficient (Wildman–Crippen LogP) is 3.29. The van der Waals surface area contributed by atoms with Gasteiger partial charge in [0.15, 0.2) is 0 Å². The van der Waals surface area contributed by atoms with Gasteiger partial charge in [-0.2, -0.15) is 0 Å². The minimum absolute atomic E-state index is 0.483. The molecule has 0 rings (SSSR count). The van der Waals surface area contributed by atoms with Crippen molar-refractivity contribution in [2.75, 3.05) is 19.8 Å². The summed E-state index contributed by atoms with van der Waals surface area (Å²) in [6, 6.07) is -0.702. The molecule has 0 aliphatic heterocycles. The molecule has 1 atom stereocenters. The molecule has 0 aliphatic carbocycles. The van der Waals surface area contributed by atoms with Crippen LogP contribution in [0.1, 0.15) is 40.0 Å². The van der Waals surface area contributed by atoms with Crippen LogP contribution in [0.4, 0.5) is 0 Å². The van der Waals surface area contributed by atoms with E-state index in [2.05, 4.69) is 0 Å². The summed E-state index contributed by atoms with van der Waals surface area (Å²) in [6.07, 6.45) is 2.60. The Bertz CT molecular complexity index is 156. The second-order valence-electron chi connectivity index (χ2n) is 3.17. The van der Waals surface area contributed by atoms with Gasteiger partial charge in [-0.25, -0.2) is 0 Å². The smallest absolute Gasteiger partial charge is 0.310 e. The monoisotopic (exact) mass is 237 g/mol. The zero-order chi connectivity index (χ0) is 11.5. The third-order valence-electron chi connectivity index (χ3n) is 1.52. The molecule has 15 heavy (non-hydrogen) atoms. The molecule has 0 aromatic carbocycles. The van der Waals surface area contributed by atoms with Crippen LogP contribution in [0.2, 0.25) is 0 Å². The highest BCUT2D eigenvalue weighted by Gasteiger charge is 2.34. The summed E-state index contributed by atoms with van der Waals surface area (Å²) in [7, 11) is -1.87. The van der Waals surface area contributed by atoms with Crippen molar-refractivity contribution in [1.29, 1.82) is 0 Å². The van der Waals surface area contributed by atoms with Crippen molar-refractivity contribution < 1.29 is 18.6 Å². The van der Waals surface area contributed by atoms with Crippen molar-refractivity contribution in [3.05, 3.63) is 0 Å². The van der Waals surface area contributed by atoms with Gasteiger partial charge in [0.25, 0.3) is 0 Å². The summed E-state index contributed by atoms with van der Waals surface area (Å²) in [6.45, 7) is 7.54. The summed E-state index contributed by atoms with van der Waals surface area (Å²) in [4.78, 5) is 0. The molecule has 0 spiro atoms. The van der Waals surface area contributed by atoms with E-state index in [0.29, 0.717) is 19.8 Å². The zero-order valence-corrected chi connectivity index (χ0v) is 10.8. The fourth-order valence-corrected chi connectivity index (χ4v) is 1.79. The molecule has 0 bridgehead atoms. The lowest BCUT2D eigenvalue weighted by Gasteiger charge is -2.07. The van der Waals surface area contributed by atoms with Crippen LogP contribution in [0.25, 0.3) is 0 Å². The molecule has 0 radical (unpaired) electrons. The first-order valence-electron chi connectivity index (χ1n) is 5.58. The fraction of sp³-hybridized carbons (Fsp3) is 1.00. The summed E-state index contributed by atoms with van der Waals surface area (Å²) in [5.74, 6) is 0. The first kappa shape index (κ1) is 15.0. The number of hydrogen-bond acceptors (Lipinski definition) is 4. The van der Waals surface area contributed by atoms with Crippen molar-refractivity contribution in [2.45, 2.75) is 46.1 Å². The van der Waals surface area contributed by atoms with Crippen LogP contribution in [0.5, 0.6) is 0 Å². The van der Waals surface area contributed by atoms with Crippen LogP contribution in [0.3, 0.4) is 0 Å². The molecule has 0 fully saturated rings. The number of ether oxygens (including phenoxy) is 2. The van der Waals surface area contributed by atoms with E-state index in [1.807, 2.05) is 20.8 Å². The summed E-state index contributed by atoms with van der Waals surface area (Å²) in [5, 5.41) is 0. The van der Waals surface area contributed by atoms with Gasteiger partial charge in [-0.3, -0.25) is 0 Å². The van der Waals surface area contributed by atoms with E-state index in [4.69, 9.17) is 14.0 Å². The van der Waals surface area contributed by atoms with Crippen LogP contribution in [-0.2, 0) is 18.6 Å². The Hall–Kier alpha value is -0.0200. The van der Waals surface area contributed by atoms with E-state index in [0.717, 1.165) is 19.3 Å². The molecule has 4 nitrogen and oxygen atoms in total.